The first-order chi connectivity index (χ1) is 9.09. The molecular formula is C11H8ClF6NO2. The molecule has 1 heterocycles. The van der Waals surface area contributed by atoms with Gasteiger partial charge < -0.3 is 10.1 Å². The highest BCUT2D eigenvalue weighted by Crippen LogP contribution is 2.37. The number of ether oxygens (including phenoxy) is 1. The normalized spacial score (nSPS) is 21.0. The van der Waals surface area contributed by atoms with Crippen molar-refractivity contribution in [3.63, 3.8) is 0 Å². The lowest BCUT2D eigenvalue weighted by molar-refractivity contribution is -0.138. The summed E-state index contributed by atoms with van der Waals surface area (Å²) in [6.45, 7) is -1.29. The molecule has 0 saturated carbocycles. The monoisotopic (exact) mass is 335 g/mol. The minimum atomic E-state index is -4.89. The van der Waals surface area contributed by atoms with E-state index in [0.29, 0.717) is 12.1 Å². The highest BCUT2D eigenvalue weighted by molar-refractivity contribution is 5.85. The Morgan fingerprint density at radius 2 is 1.86 bits per heavy atom. The molecule has 0 aromatic heterocycles. The molecule has 1 amide bonds. The molecule has 1 atom stereocenters. The number of benzene rings is 1. The van der Waals surface area contributed by atoms with Gasteiger partial charge in [0.2, 0.25) is 0 Å². The average molecular weight is 336 g/mol. The van der Waals surface area contributed by atoms with Gasteiger partial charge in [-0.1, -0.05) is 0 Å². The second-order valence-electron chi connectivity index (χ2n) is 4.19. The van der Waals surface area contributed by atoms with Crippen LogP contribution in [0.5, 0.6) is 0 Å². The van der Waals surface area contributed by atoms with E-state index < -0.39 is 47.8 Å². The summed E-state index contributed by atoms with van der Waals surface area (Å²) in [6, 6.07) is -1.02. The molecule has 1 fully saturated rings. The Hall–Kier alpha value is -1.64. The van der Waals surface area contributed by atoms with E-state index >= 15 is 0 Å². The number of carbonyl (C=O) groups excluding carboxylic acids is 1. The molecule has 1 aliphatic heterocycles. The average Bonchev–Trinajstić information content (AvgIpc) is 2.30. The molecule has 0 radical (unpaired) electrons. The van der Waals surface area contributed by atoms with Crippen LogP contribution in [0.2, 0.25) is 0 Å². The number of amides is 1. The molecule has 118 valence electrons. The number of alkyl halides is 5. The summed E-state index contributed by atoms with van der Waals surface area (Å²) >= 11 is 0. The number of cyclic esters (lactones) is 1. The summed E-state index contributed by atoms with van der Waals surface area (Å²) < 4.78 is 81.9. The largest absolute Gasteiger partial charge is 0.443 e. The van der Waals surface area contributed by atoms with Gasteiger partial charge in [0, 0.05) is 0 Å². The summed E-state index contributed by atoms with van der Waals surface area (Å²) in [5.74, 6) is -4.98. The molecule has 1 aromatic rings. The Kier molecular flexibility index (Phi) is 4.66. The third-order valence-electron chi connectivity index (χ3n) is 2.66. The SMILES string of the molecule is Cl.O=C1N[C@@H](c2cc(F)cc(C(F)(F)F)c2)C(F)(F)CO1. The predicted molar refractivity (Wildman–Crippen MR) is 60.8 cm³/mol. The standard InChI is InChI=1S/C11H7F6NO2.ClH/c12-7-2-5(1-6(3-7)11(15,16)17)8-10(13,14)4-20-9(19)18-8;/h1-3,8H,4H2,(H,18,19);1H/t8-;/m0./s1. The van der Waals surface area contributed by atoms with Crippen LogP contribution in [-0.2, 0) is 10.9 Å². The van der Waals surface area contributed by atoms with Crippen LogP contribution in [0.15, 0.2) is 18.2 Å². The molecule has 1 saturated heterocycles. The minimum absolute atomic E-state index is 0. The Labute approximate surface area is 120 Å². The summed E-state index contributed by atoms with van der Waals surface area (Å²) in [5, 5.41) is 1.68. The second kappa shape index (κ2) is 5.63. The van der Waals surface area contributed by atoms with E-state index in [1.807, 2.05) is 0 Å². The van der Waals surface area contributed by atoms with E-state index in [4.69, 9.17) is 0 Å². The molecule has 1 N–H and O–H groups in total. The number of nitrogens with one attached hydrogen (secondary N) is 1. The Bertz CT molecular complexity index is 548. The minimum Gasteiger partial charge on any atom is -0.443 e. The van der Waals surface area contributed by atoms with Crippen molar-refractivity contribution >= 4 is 18.5 Å². The van der Waals surface area contributed by atoms with Crippen molar-refractivity contribution in [3.8, 4) is 0 Å². The molecule has 0 aliphatic carbocycles. The van der Waals surface area contributed by atoms with Crippen LogP contribution in [0.25, 0.3) is 0 Å². The molecule has 1 aromatic carbocycles. The second-order valence-corrected chi connectivity index (χ2v) is 4.19. The number of rotatable bonds is 1. The first-order valence-electron chi connectivity index (χ1n) is 5.28. The third-order valence-corrected chi connectivity index (χ3v) is 2.66. The zero-order chi connectivity index (χ0) is 15.1. The quantitative estimate of drug-likeness (QED) is 0.795. The number of halogens is 7. The summed E-state index contributed by atoms with van der Waals surface area (Å²) in [7, 11) is 0. The highest BCUT2D eigenvalue weighted by Gasteiger charge is 2.47. The molecule has 1 aliphatic rings. The Balaban J connectivity index is 0.00000220. The number of alkyl carbamates (subject to hydrolysis) is 1. The van der Waals surface area contributed by atoms with Gasteiger partial charge in [0.05, 0.1) is 5.56 Å². The van der Waals surface area contributed by atoms with E-state index in [1.165, 1.54) is 0 Å². The first-order valence-corrected chi connectivity index (χ1v) is 5.28. The smallest absolute Gasteiger partial charge is 0.416 e. The van der Waals surface area contributed by atoms with Gasteiger partial charge >= 0.3 is 18.2 Å². The maximum absolute atomic E-state index is 13.5. The molecule has 0 bridgehead atoms. The van der Waals surface area contributed by atoms with Crippen molar-refractivity contribution in [2.75, 3.05) is 6.61 Å². The van der Waals surface area contributed by atoms with Crippen molar-refractivity contribution in [2.24, 2.45) is 0 Å². The van der Waals surface area contributed by atoms with Crippen LogP contribution in [-0.4, -0.2) is 18.6 Å². The van der Waals surface area contributed by atoms with Gasteiger partial charge in [-0.2, -0.15) is 13.2 Å². The van der Waals surface area contributed by atoms with E-state index in [-0.39, 0.29) is 18.5 Å². The fourth-order valence-corrected chi connectivity index (χ4v) is 1.78. The summed E-state index contributed by atoms with van der Waals surface area (Å²) in [4.78, 5) is 10.9. The van der Waals surface area contributed by atoms with Gasteiger partial charge in [-0.15, -0.1) is 12.4 Å². The molecule has 10 heteroatoms. The molecule has 2 rings (SSSR count). The number of hydrogen-bond acceptors (Lipinski definition) is 2. The molecule has 0 spiro atoms. The van der Waals surface area contributed by atoms with Crippen LogP contribution in [0.3, 0.4) is 0 Å². The fraction of sp³-hybridized carbons (Fsp3) is 0.364. The van der Waals surface area contributed by atoms with E-state index in [9.17, 15) is 31.1 Å². The zero-order valence-electron chi connectivity index (χ0n) is 10.0. The molecule has 21 heavy (non-hydrogen) atoms. The van der Waals surface area contributed by atoms with Gasteiger partial charge in [-0.25, -0.2) is 18.0 Å². The van der Waals surface area contributed by atoms with Crippen LogP contribution in [0.1, 0.15) is 17.2 Å². The van der Waals surface area contributed by atoms with E-state index in [0.717, 1.165) is 0 Å². The van der Waals surface area contributed by atoms with Crippen LogP contribution in [0.4, 0.5) is 31.1 Å². The molecule has 3 nitrogen and oxygen atoms in total. The maximum atomic E-state index is 13.5. The maximum Gasteiger partial charge on any atom is 0.416 e. The van der Waals surface area contributed by atoms with Crippen molar-refractivity contribution in [3.05, 3.63) is 35.1 Å². The van der Waals surface area contributed by atoms with Crippen LogP contribution in [0, 0.1) is 5.82 Å². The lowest BCUT2D eigenvalue weighted by atomic mass is 9.98. The molecule has 0 unspecified atom stereocenters. The van der Waals surface area contributed by atoms with Crippen LogP contribution >= 0.6 is 12.4 Å². The fourth-order valence-electron chi connectivity index (χ4n) is 1.78. The summed E-state index contributed by atoms with van der Waals surface area (Å²) in [5.41, 5.74) is -2.09. The van der Waals surface area contributed by atoms with Crippen LogP contribution < -0.4 is 5.32 Å². The van der Waals surface area contributed by atoms with E-state index in [2.05, 4.69) is 4.74 Å². The van der Waals surface area contributed by atoms with Gasteiger partial charge in [-0.3, -0.25) is 0 Å². The van der Waals surface area contributed by atoms with Gasteiger partial charge in [0.1, 0.15) is 11.9 Å². The topological polar surface area (TPSA) is 38.3 Å². The van der Waals surface area contributed by atoms with Crippen molar-refractivity contribution < 1.29 is 35.9 Å². The van der Waals surface area contributed by atoms with E-state index in [1.54, 1.807) is 5.32 Å². The highest BCUT2D eigenvalue weighted by atomic mass is 35.5. The third kappa shape index (κ3) is 3.72. The van der Waals surface area contributed by atoms with Crippen molar-refractivity contribution in [1.29, 1.82) is 0 Å². The van der Waals surface area contributed by atoms with Gasteiger partial charge in [0.25, 0.3) is 0 Å². The predicted octanol–water partition coefficient (Wildman–Crippen LogP) is 3.68. The molecular weight excluding hydrogens is 328 g/mol. The lowest BCUT2D eigenvalue weighted by Gasteiger charge is -2.32. The number of hydrogen-bond donors (Lipinski definition) is 1. The number of carbonyl (C=O) groups is 1. The van der Waals surface area contributed by atoms with Crippen molar-refractivity contribution in [2.45, 2.75) is 18.1 Å². The first kappa shape index (κ1) is 17.4. The zero-order valence-corrected chi connectivity index (χ0v) is 10.8. The lowest BCUT2D eigenvalue weighted by Crippen LogP contribution is -2.49. The Morgan fingerprint density at radius 1 is 1.24 bits per heavy atom. The van der Waals surface area contributed by atoms with Gasteiger partial charge in [0.15, 0.2) is 6.61 Å². The summed E-state index contributed by atoms with van der Waals surface area (Å²) in [6.07, 6.45) is -6.10. The van der Waals surface area contributed by atoms with Crippen molar-refractivity contribution in [1.82, 2.24) is 5.32 Å². The van der Waals surface area contributed by atoms with Gasteiger partial charge in [-0.05, 0) is 23.8 Å². The Morgan fingerprint density at radius 3 is 2.43 bits per heavy atom.